The van der Waals surface area contributed by atoms with E-state index in [1.807, 2.05) is 0 Å². The first-order chi connectivity index (χ1) is 9.38. The largest absolute Gasteiger partial charge is 0.295 e. The maximum Gasteiger partial charge on any atom is 0.261 e. The van der Waals surface area contributed by atoms with E-state index >= 15 is 0 Å². The third-order valence-electron chi connectivity index (χ3n) is 2.65. The monoisotopic (exact) mass is 401 g/mol. The molecule has 1 N–H and O–H groups in total. The lowest BCUT2D eigenvalue weighted by atomic mass is 10.1. The van der Waals surface area contributed by atoms with Crippen LogP contribution in [-0.4, -0.2) is 14.2 Å². The molecule has 0 saturated carbocycles. The second-order valence-corrected chi connectivity index (χ2v) is 7.12. The van der Waals surface area contributed by atoms with Gasteiger partial charge in [-0.25, -0.2) is 8.42 Å². The number of benzene rings is 2. The molecule has 4 nitrogen and oxygen atoms in total. The zero-order valence-corrected chi connectivity index (χ0v) is 13.6. The van der Waals surface area contributed by atoms with Gasteiger partial charge in [0.05, 0.1) is 4.90 Å². The van der Waals surface area contributed by atoms with Gasteiger partial charge in [-0.05, 0) is 65.9 Å². The predicted octanol–water partition coefficient (Wildman–Crippen LogP) is 3.29. The lowest BCUT2D eigenvalue weighted by molar-refractivity contribution is 0.101. The molecule has 0 saturated heterocycles. The number of halogens is 1. The van der Waals surface area contributed by atoms with Crippen molar-refractivity contribution < 1.29 is 13.2 Å². The van der Waals surface area contributed by atoms with Crippen LogP contribution in [-0.2, 0) is 10.0 Å². The van der Waals surface area contributed by atoms with Crippen molar-refractivity contribution in [3.05, 3.63) is 57.7 Å². The van der Waals surface area contributed by atoms with Crippen molar-refractivity contribution in [2.24, 2.45) is 0 Å². The molecule has 2 aromatic carbocycles. The minimum absolute atomic E-state index is 0.111. The van der Waals surface area contributed by atoms with Crippen LogP contribution in [0, 0.1) is 3.57 Å². The molecule has 0 amide bonds. The molecular weight excluding hydrogens is 389 g/mol. The fourth-order valence-electron chi connectivity index (χ4n) is 1.63. The smallest absolute Gasteiger partial charge is 0.261 e. The summed E-state index contributed by atoms with van der Waals surface area (Å²) >= 11 is 2.11. The van der Waals surface area contributed by atoms with Crippen LogP contribution in [0.15, 0.2) is 53.4 Å². The van der Waals surface area contributed by atoms with Crippen LogP contribution in [0.3, 0.4) is 0 Å². The van der Waals surface area contributed by atoms with E-state index in [-0.39, 0.29) is 10.7 Å². The van der Waals surface area contributed by atoms with Crippen LogP contribution < -0.4 is 4.72 Å². The van der Waals surface area contributed by atoms with Crippen molar-refractivity contribution >= 4 is 44.1 Å². The lowest BCUT2D eigenvalue weighted by Gasteiger charge is -2.09. The molecule has 0 atom stereocenters. The van der Waals surface area contributed by atoms with Crippen LogP contribution >= 0.6 is 22.6 Å². The first-order valence-corrected chi connectivity index (χ1v) is 8.34. The molecule has 2 aromatic rings. The van der Waals surface area contributed by atoms with Gasteiger partial charge in [-0.1, -0.05) is 12.1 Å². The fraction of sp³-hybridized carbons (Fsp3) is 0.0714. The van der Waals surface area contributed by atoms with Crippen molar-refractivity contribution in [3.8, 4) is 0 Å². The maximum absolute atomic E-state index is 12.2. The number of hydrogen-bond donors (Lipinski definition) is 1. The number of anilines is 1. The molecule has 0 aromatic heterocycles. The minimum Gasteiger partial charge on any atom is -0.295 e. The normalized spacial score (nSPS) is 11.1. The summed E-state index contributed by atoms with van der Waals surface area (Å²) in [7, 11) is -3.64. The highest BCUT2D eigenvalue weighted by molar-refractivity contribution is 14.1. The van der Waals surface area contributed by atoms with E-state index in [0.29, 0.717) is 11.3 Å². The highest BCUT2D eigenvalue weighted by Crippen LogP contribution is 2.18. The molecule has 6 heteroatoms. The van der Waals surface area contributed by atoms with Gasteiger partial charge in [-0.3, -0.25) is 9.52 Å². The van der Waals surface area contributed by atoms with Gasteiger partial charge in [0.2, 0.25) is 0 Å². The van der Waals surface area contributed by atoms with Crippen LogP contribution in [0.5, 0.6) is 0 Å². The Morgan fingerprint density at radius 3 is 2.35 bits per heavy atom. The second kappa shape index (κ2) is 5.92. The van der Waals surface area contributed by atoms with Crippen LogP contribution in [0.4, 0.5) is 5.69 Å². The van der Waals surface area contributed by atoms with E-state index in [4.69, 9.17) is 0 Å². The van der Waals surface area contributed by atoms with Crippen molar-refractivity contribution in [2.45, 2.75) is 11.8 Å². The Hall–Kier alpha value is -1.41. The number of Topliss-reactive ketones (excluding diaryl/α,β-unsaturated/α-hetero) is 1. The second-order valence-electron chi connectivity index (χ2n) is 4.20. The highest BCUT2D eigenvalue weighted by atomic mass is 127. The van der Waals surface area contributed by atoms with Crippen LogP contribution in [0.2, 0.25) is 0 Å². The van der Waals surface area contributed by atoms with E-state index < -0.39 is 10.0 Å². The summed E-state index contributed by atoms with van der Waals surface area (Å²) in [6, 6.07) is 12.9. The third-order valence-corrected chi connectivity index (χ3v) is 4.76. The lowest BCUT2D eigenvalue weighted by Crippen LogP contribution is -2.13. The summed E-state index contributed by atoms with van der Waals surface area (Å²) in [6.45, 7) is 1.44. The Bertz CT molecular complexity index is 739. The minimum atomic E-state index is -3.64. The van der Waals surface area contributed by atoms with Gasteiger partial charge in [-0.2, -0.15) is 0 Å². The van der Waals surface area contributed by atoms with Gasteiger partial charge >= 0.3 is 0 Å². The van der Waals surface area contributed by atoms with E-state index in [0.717, 1.165) is 3.57 Å². The van der Waals surface area contributed by atoms with Crippen molar-refractivity contribution in [3.63, 3.8) is 0 Å². The van der Waals surface area contributed by atoms with Crippen molar-refractivity contribution in [1.29, 1.82) is 0 Å². The van der Waals surface area contributed by atoms with E-state index in [1.54, 1.807) is 42.5 Å². The van der Waals surface area contributed by atoms with Gasteiger partial charge in [0, 0.05) is 14.8 Å². The molecule has 2 rings (SSSR count). The van der Waals surface area contributed by atoms with E-state index in [9.17, 15) is 13.2 Å². The Morgan fingerprint density at radius 2 is 1.75 bits per heavy atom. The Kier molecular flexibility index (Phi) is 4.44. The molecule has 0 heterocycles. The summed E-state index contributed by atoms with van der Waals surface area (Å²) in [5, 5.41) is 0. The van der Waals surface area contributed by atoms with Crippen LogP contribution in [0.25, 0.3) is 0 Å². The topological polar surface area (TPSA) is 63.2 Å². The molecule has 0 fully saturated rings. The van der Waals surface area contributed by atoms with Gasteiger partial charge in [-0.15, -0.1) is 0 Å². The number of rotatable bonds is 4. The number of nitrogens with one attached hydrogen (secondary N) is 1. The summed E-state index contributed by atoms with van der Waals surface area (Å²) < 4.78 is 27.8. The number of carbonyl (C=O) groups excluding carboxylic acids is 1. The van der Waals surface area contributed by atoms with Gasteiger partial charge < -0.3 is 0 Å². The number of sulfonamides is 1. The fourth-order valence-corrected chi connectivity index (χ4v) is 3.04. The maximum atomic E-state index is 12.2. The number of carbonyl (C=O) groups is 1. The first-order valence-electron chi connectivity index (χ1n) is 5.78. The SMILES string of the molecule is CC(=O)c1cccc(NS(=O)(=O)c2ccc(I)cc2)c1. The Morgan fingerprint density at radius 1 is 1.10 bits per heavy atom. The standard InChI is InChI=1S/C14H12INO3S/c1-10(17)11-3-2-4-13(9-11)16-20(18,19)14-7-5-12(15)6-8-14/h2-9,16H,1H3. The molecule has 0 aliphatic heterocycles. The zero-order valence-electron chi connectivity index (χ0n) is 10.6. The molecule has 0 bridgehead atoms. The predicted molar refractivity (Wildman–Crippen MR) is 86.4 cm³/mol. The molecule has 104 valence electrons. The average Bonchev–Trinajstić information content (AvgIpc) is 2.39. The summed E-state index contributed by atoms with van der Waals surface area (Å²) in [6.07, 6.45) is 0. The number of hydrogen-bond acceptors (Lipinski definition) is 3. The molecular formula is C14H12INO3S. The van der Waals surface area contributed by atoms with E-state index in [2.05, 4.69) is 27.3 Å². The molecule has 0 spiro atoms. The number of ketones is 1. The summed E-state index contributed by atoms with van der Waals surface area (Å²) in [4.78, 5) is 11.5. The quantitative estimate of drug-likeness (QED) is 0.632. The van der Waals surface area contributed by atoms with Crippen molar-refractivity contribution in [2.75, 3.05) is 4.72 Å². The first kappa shape index (κ1) is 15.0. The average molecular weight is 401 g/mol. The molecule has 0 unspecified atom stereocenters. The van der Waals surface area contributed by atoms with Crippen LogP contribution in [0.1, 0.15) is 17.3 Å². The molecule has 20 heavy (non-hydrogen) atoms. The van der Waals surface area contributed by atoms with Gasteiger partial charge in [0.25, 0.3) is 10.0 Å². The Labute approximate surface area is 131 Å². The molecule has 0 radical (unpaired) electrons. The Balaban J connectivity index is 2.31. The third kappa shape index (κ3) is 3.57. The molecule has 0 aliphatic rings. The highest BCUT2D eigenvalue weighted by Gasteiger charge is 2.14. The zero-order chi connectivity index (χ0) is 14.8. The van der Waals surface area contributed by atoms with Gasteiger partial charge in [0.15, 0.2) is 5.78 Å². The van der Waals surface area contributed by atoms with Crippen molar-refractivity contribution in [1.82, 2.24) is 0 Å². The van der Waals surface area contributed by atoms with E-state index in [1.165, 1.54) is 13.0 Å². The van der Waals surface area contributed by atoms with Gasteiger partial charge in [0.1, 0.15) is 0 Å². The summed E-state index contributed by atoms with van der Waals surface area (Å²) in [5.74, 6) is -0.111. The molecule has 0 aliphatic carbocycles. The summed E-state index contributed by atoms with van der Waals surface area (Å²) in [5.41, 5.74) is 0.837.